The van der Waals surface area contributed by atoms with Crippen molar-refractivity contribution in [3.05, 3.63) is 81.5 Å². The summed E-state index contributed by atoms with van der Waals surface area (Å²) in [5.74, 6) is 0. The summed E-state index contributed by atoms with van der Waals surface area (Å²) in [7, 11) is 0. The first kappa shape index (κ1) is 69.6. The summed E-state index contributed by atoms with van der Waals surface area (Å²) < 4.78 is 0. The van der Waals surface area contributed by atoms with Crippen molar-refractivity contribution in [2.75, 3.05) is 0 Å². The molecular weight excluding hydrogens is 1200 g/mol. The molecule has 10 heteroatoms. The number of unbranched alkanes of at least 4 members (excludes halogenated alkanes) is 36. The van der Waals surface area contributed by atoms with Crippen molar-refractivity contribution in [1.29, 1.82) is 0 Å². The Morgan fingerprint density at radius 2 is 0.535 bits per heavy atom. The maximum absolute atomic E-state index is 5.48. The average Bonchev–Trinajstić information content (AvgIpc) is 1.95. The molecular formula is C76H110N2S8. The van der Waals surface area contributed by atoms with Crippen molar-refractivity contribution >= 4 is 100 Å². The summed E-state index contributed by atoms with van der Waals surface area (Å²) >= 11 is 15.6. The molecule has 0 amide bonds. The predicted octanol–water partition coefficient (Wildman–Crippen LogP) is 30.0. The Labute approximate surface area is 556 Å². The topological polar surface area (TPSA) is 25.8 Å². The standard InChI is InChI=1S/C76H110N2S8/c1-5-9-13-17-21-25-29-33-37-41-45-59-53-55-79-69(59)65-51-49-63(81-65)64-50-52-66(82-64)70-61(47-43-39-35-31-27-23-19-15-11-7-3)57-67(83-70)68-58-62(48-44-40-36-32-28-24-20-16-12-8-4)72(84-68)74-78-76-75(86-74)77-73(85-76)71-60(54-56-80-71)46-42-38-34-30-26-22-18-14-10-6-2/h49-58H,5-48H2,1-4H3. The fourth-order valence-electron chi connectivity index (χ4n) is 12.6. The smallest absolute Gasteiger partial charge is 0.155 e. The number of thiazole rings is 2. The van der Waals surface area contributed by atoms with E-state index in [4.69, 9.17) is 9.97 Å². The van der Waals surface area contributed by atoms with Gasteiger partial charge in [-0.05, 0) is 133 Å². The minimum atomic E-state index is 1.11. The van der Waals surface area contributed by atoms with Crippen LogP contribution < -0.4 is 0 Å². The van der Waals surface area contributed by atoms with Gasteiger partial charge >= 0.3 is 0 Å². The van der Waals surface area contributed by atoms with Crippen LogP contribution in [-0.2, 0) is 25.7 Å². The molecule has 0 radical (unpaired) electrons. The Morgan fingerprint density at radius 3 is 0.930 bits per heavy atom. The third-order valence-corrected chi connectivity index (χ3v) is 27.3. The zero-order valence-electron chi connectivity index (χ0n) is 54.0. The van der Waals surface area contributed by atoms with Crippen molar-refractivity contribution in [2.45, 2.75) is 310 Å². The molecule has 0 aliphatic carbocycles. The van der Waals surface area contributed by atoms with Crippen LogP contribution in [0.15, 0.2) is 59.3 Å². The molecule has 8 heterocycles. The van der Waals surface area contributed by atoms with E-state index in [1.165, 1.54) is 333 Å². The second kappa shape index (κ2) is 41.3. The molecule has 0 N–H and O–H groups in total. The van der Waals surface area contributed by atoms with Crippen molar-refractivity contribution < 1.29 is 0 Å². The summed E-state index contributed by atoms with van der Waals surface area (Å²) in [6.45, 7) is 9.27. The van der Waals surface area contributed by atoms with Gasteiger partial charge in [0, 0.05) is 39.0 Å². The number of aryl methyl sites for hydroxylation is 4. The van der Waals surface area contributed by atoms with Crippen LogP contribution in [0.4, 0.5) is 0 Å². The molecule has 8 aromatic rings. The van der Waals surface area contributed by atoms with Gasteiger partial charge in [-0.15, -0.1) is 68.0 Å². The monoisotopic (exact) mass is 1310 g/mol. The van der Waals surface area contributed by atoms with Crippen LogP contribution in [0.25, 0.3) is 68.4 Å². The number of hydrogen-bond acceptors (Lipinski definition) is 10. The zero-order chi connectivity index (χ0) is 59.6. The van der Waals surface area contributed by atoms with Crippen molar-refractivity contribution in [3.8, 4) is 58.8 Å². The number of thiophene rings is 6. The highest BCUT2D eigenvalue weighted by molar-refractivity contribution is 7.33. The molecule has 0 bridgehead atoms. The highest BCUT2D eigenvalue weighted by Gasteiger charge is 2.23. The summed E-state index contributed by atoms with van der Waals surface area (Å²) in [5.41, 5.74) is 6.09. The van der Waals surface area contributed by atoms with Gasteiger partial charge in [-0.1, -0.05) is 282 Å². The van der Waals surface area contributed by atoms with E-state index in [2.05, 4.69) is 98.3 Å². The van der Waals surface area contributed by atoms with Crippen LogP contribution in [0.2, 0.25) is 0 Å². The van der Waals surface area contributed by atoms with Gasteiger partial charge in [0.25, 0.3) is 0 Å². The number of hydrogen-bond donors (Lipinski definition) is 0. The van der Waals surface area contributed by atoms with Crippen molar-refractivity contribution in [2.24, 2.45) is 0 Å². The lowest BCUT2D eigenvalue weighted by molar-refractivity contribution is 0.556. The molecule has 0 saturated carbocycles. The number of aromatic nitrogens is 2. The minimum absolute atomic E-state index is 1.11. The molecule has 0 saturated heterocycles. The quantitative estimate of drug-likeness (QED) is 0.0355. The molecule has 0 unspecified atom stereocenters. The van der Waals surface area contributed by atoms with E-state index in [1.807, 2.05) is 79.4 Å². The number of nitrogens with zero attached hydrogens (tertiary/aromatic N) is 2. The van der Waals surface area contributed by atoms with E-state index in [1.54, 1.807) is 11.1 Å². The third-order valence-electron chi connectivity index (χ3n) is 17.8. The second-order valence-corrected chi connectivity index (χ2v) is 33.2. The van der Waals surface area contributed by atoms with Crippen LogP contribution in [0.5, 0.6) is 0 Å². The van der Waals surface area contributed by atoms with Gasteiger partial charge in [-0.25, -0.2) is 9.97 Å². The largest absolute Gasteiger partial charge is 0.222 e. The van der Waals surface area contributed by atoms with Gasteiger partial charge in [-0.2, -0.15) is 0 Å². The summed E-state index contributed by atoms with van der Waals surface area (Å²) in [5, 5.41) is 6.97. The highest BCUT2D eigenvalue weighted by atomic mass is 32.1. The first-order chi connectivity index (χ1) is 42.6. The average molecular weight is 1310 g/mol. The minimum Gasteiger partial charge on any atom is -0.222 e. The van der Waals surface area contributed by atoms with E-state index >= 15 is 0 Å². The lowest BCUT2D eigenvalue weighted by atomic mass is 10.0. The van der Waals surface area contributed by atoms with Gasteiger partial charge in [0.1, 0.15) is 10.0 Å². The van der Waals surface area contributed by atoms with E-state index in [-0.39, 0.29) is 0 Å². The second-order valence-electron chi connectivity index (χ2n) is 25.2. The number of rotatable bonds is 50. The van der Waals surface area contributed by atoms with Crippen molar-refractivity contribution in [3.63, 3.8) is 0 Å². The van der Waals surface area contributed by atoms with Crippen molar-refractivity contribution in [1.82, 2.24) is 9.97 Å². The maximum atomic E-state index is 5.48. The Morgan fingerprint density at radius 1 is 0.244 bits per heavy atom. The van der Waals surface area contributed by atoms with E-state index in [0.717, 1.165) is 28.9 Å². The molecule has 8 aromatic heterocycles. The normalized spacial score (nSPS) is 11.9. The Balaban J connectivity index is 0.969. The van der Waals surface area contributed by atoms with Crippen LogP contribution in [-0.4, -0.2) is 9.97 Å². The first-order valence-electron chi connectivity index (χ1n) is 35.4. The molecule has 472 valence electrons. The SMILES string of the molecule is CCCCCCCCCCCCc1ccsc1-c1ccc(-c2ccc(-c3sc(-c4cc(CCCCCCCCCCCC)c(-c5nc6sc(-c7sccc7CCCCCCCCCCCC)nc6s5)s4)cc3CCCCCCCCCCCC)s2)s1. The van der Waals surface area contributed by atoms with Gasteiger partial charge in [0.15, 0.2) is 9.66 Å². The summed E-state index contributed by atoms with van der Waals surface area (Å²) in [4.78, 5) is 27.4. The fourth-order valence-corrected chi connectivity index (χ4v) is 21.7. The highest BCUT2D eigenvalue weighted by Crippen LogP contribution is 2.50. The van der Waals surface area contributed by atoms with E-state index in [0.29, 0.717) is 0 Å². The lowest BCUT2D eigenvalue weighted by Gasteiger charge is -2.04. The first-order valence-corrected chi connectivity index (χ1v) is 42.1. The summed E-state index contributed by atoms with van der Waals surface area (Å²) in [6.07, 6.45) is 59.7. The van der Waals surface area contributed by atoms with Crippen LogP contribution in [0.3, 0.4) is 0 Å². The van der Waals surface area contributed by atoms with E-state index in [9.17, 15) is 0 Å². The van der Waals surface area contributed by atoms with Gasteiger partial charge < -0.3 is 0 Å². The van der Waals surface area contributed by atoms with Crippen LogP contribution >= 0.6 is 90.7 Å². The van der Waals surface area contributed by atoms with Gasteiger partial charge in [0.2, 0.25) is 0 Å². The van der Waals surface area contributed by atoms with Gasteiger partial charge in [0.05, 0.1) is 9.75 Å². The summed E-state index contributed by atoms with van der Waals surface area (Å²) in [6, 6.07) is 19.7. The molecule has 0 aliphatic rings. The molecule has 0 fully saturated rings. The molecule has 0 aliphatic heterocycles. The number of fused-ring (bicyclic) bond motifs is 1. The molecule has 0 spiro atoms. The Kier molecular flexibility index (Phi) is 33.4. The third kappa shape index (κ3) is 23.1. The van der Waals surface area contributed by atoms with E-state index < -0.39 is 0 Å². The lowest BCUT2D eigenvalue weighted by Crippen LogP contribution is -1.87. The molecule has 86 heavy (non-hydrogen) atoms. The molecule has 8 rings (SSSR count). The Hall–Kier alpha value is -2.28. The van der Waals surface area contributed by atoms with Crippen LogP contribution in [0.1, 0.15) is 307 Å². The Bertz CT molecular complexity index is 2980. The zero-order valence-corrected chi connectivity index (χ0v) is 60.6. The molecule has 0 aromatic carbocycles. The van der Waals surface area contributed by atoms with Gasteiger partial charge in [-0.3, -0.25) is 0 Å². The fraction of sp³-hybridized carbons (Fsp3) is 0.632. The maximum Gasteiger partial charge on any atom is 0.155 e. The predicted molar refractivity (Wildman–Crippen MR) is 397 cm³/mol. The molecule has 2 nitrogen and oxygen atoms in total. The van der Waals surface area contributed by atoms with Crippen LogP contribution in [0, 0.1) is 0 Å². The molecule has 0 atom stereocenters.